The molecule has 1 heterocycles. The molecule has 2 N–H and O–H groups in total. The number of carbonyl (C=O) groups excluding carboxylic acids is 1. The Kier molecular flexibility index (Phi) is 5.27. The maximum absolute atomic E-state index is 12.7. The summed E-state index contributed by atoms with van der Waals surface area (Å²) < 4.78 is 6.89. The Bertz CT molecular complexity index is 1120. The van der Waals surface area contributed by atoms with Crippen molar-refractivity contribution in [2.24, 2.45) is 0 Å². The van der Waals surface area contributed by atoms with E-state index >= 15 is 0 Å². The third-order valence-electron chi connectivity index (χ3n) is 3.85. The zero-order valence-corrected chi connectivity index (χ0v) is 16.1. The molecule has 0 fully saturated rings. The van der Waals surface area contributed by atoms with Crippen molar-refractivity contribution >= 4 is 38.8 Å². The molecule has 7 nitrogen and oxygen atoms in total. The van der Waals surface area contributed by atoms with E-state index in [1.54, 1.807) is 43.3 Å². The number of nitrogens with one attached hydrogen (secondary N) is 1. The second-order valence-corrected chi connectivity index (χ2v) is 6.62. The lowest BCUT2D eigenvalue weighted by atomic mass is 10.2. The summed E-state index contributed by atoms with van der Waals surface area (Å²) in [5.41, 5.74) is 3.36. The van der Waals surface area contributed by atoms with Gasteiger partial charge in [0.25, 0.3) is 11.5 Å². The van der Waals surface area contributed by atoms with Gasteiger partial charge in [0.2, 0.25) is 0 Å². The van der Waals surface area contributed by atoms with Crippen molar-refractivity contribution in [2.45, 2.75) is 6.92 Å². The molecule has 8 heteroatoms. The van der Waals surface area contributed by atoms with Gasteiger partial charge in [-0.05, 0) is 48.9 Å². The maximum Gasteiger partial charge on any atom is 0.280 e. The van der Waals surface area contributed by atoms with Crippen molar-refractivity contribution in [3.63, 3.8) is 0 Å². The SMILES string of the molecule is COc1cc(/C=C/C(=O)Nn2c(C)nc3ccc(Br)cc3c2=O)ccc1O. The first kappa shape index (κ1) is 18.7. The van der Waals surface area contributed by atoms with Crippen LogP contribution in [-0.2, 0) is 4.79 Å². The summed E-state index contributed by atoms with van der Waals surface area (Å²) in [5.74, 6) is 0.176. The summed E-state index contributed by atoms with van der Waals surface area (Å²) in [5, 5.41) is 9.99. The molecule has 1 amide bonds. The Labute approximate surface area is 163 Å². The molecule has 0 saturated carbocycles. The number of hydrogen-bond donors (Lipinski definition) is 2. The number of ether oxygens (including phenoxy) is 1. The van der Waals surface area contributed by atoms with Gasteiger partial charge in [0.05, 0.1) is 18.0 Å². The minimum absolute atomic E-state index is 0.00896. The molecular formula is C19H16BrN3O4. The Hall–Kier alpha value is -3.13. The van der Waals surface area contributed by atoms with E-state index in [9.17, 15) is 14.7 Å². The lowest BCUT2D eigenvalue weighted by Gasteiger charge is -2.10. The number of fused-ring (bicyclic) bond motifs is 1. The fourth-order valence-corrected chi connectivity index (χ4v) is 2.88. The van der Waals surface area contributed by atoms with Gasteiger partial charge in [-0.1, -0.05) is 22.0 Å². The fourth-order valence-electron chi connectivity index (χ4n) is 2.52. The average Bonchev–Trinajstić information content (AvgIpc) is 2.65. The molecule has 1 aromatic heterocycles. The molecule has 0 bridgehead atoms. The smallest absolute Gasteiger partial charge is 0.280 e. The number of benzene rings is 2. The Morgan fingerprint density at radius 3 is 2.81 bits per heavy atom. The quantitative estimate of drug-likeness (QED) is 0.621. The molecule has 0 unspecified atom stereocenters. The summed E-state index contributed by atoms with van der Waals surface area (Å²) in [6.45, 7) is 1.64. The van der Waals surface area contributed by atoms with Crippen molar-refractivity contribution in [3.8, 4) is 11.5 Å². The van der Waals surface area contributed by atoms with Crippen LogP contribution < -0.4 is 15.7 Å². The van der Waals surface area contributed by atoms with E-state index in [0.717, 1.165) is 9.15 Å². The monoisotopic (exact) mass is 429 g/mol. The molecule has 0 aliphatic heterocycles. The molecule has 0 aliphatic carbocycles. The largest absolute Gasteiger partial charge is 0.504 e. The minimum atomic E-state index is -0.497. The third-order valence-corrected chi connectivity index (χ3v) is 4.34. The van der Waals surface area contributed by atoms with Gasteiger partial charge in [0.1, 0.15) is 5.82 Å². The van der Waals surface area contributed by atoms with Gasteiger partial charge < -0.3 is 9.84 Å². The van der Waals surface area contributed by atoms with Crippen molar-refractivity contribution in [2.75, 3.05) is 12.5 Å². The zero-order valence-electron chi connectivity index (χ0n) is 14.6. The van der Waals surface area contributed by atoms with E-state index in [4.69, 9.17) is 4.74 Å². The number of phenols is 1. The summed E-state index contributed by atoms with van der Waals surface area (Å²) in [6, 6.07) is 9.88. The van der Waals surface area contributed by atoms with Crippen LogP contribution in [0.4, 0.5) is 0 Å². The molecule has 2 aromatic carbocycles. The number of halogens is 1. The molecule has 0 aliphatic rings. The van der Waals surface area contributed by atoms with Gasteiger partial charge in [-0.15, -0.1) is 0 Å². The first-order valence-corrected chi connectivity index (χ1v) is 8.73. The average molecular weight is 430 g/mol. The Balaban J connectivity index is 1.87. The molecule has 138 valence electrons. The predicted octanol–water partition coefficient (Wildman–Crippen LogP) is 2.97. The van der Waals surface area contributed by atoms with Crippen LogP contribution in [0.1, 0.15) is 11.4 Å². The van der Waals surface area contributed by atoms with Crippen LogP contribution in [0.5, 0.6) is 11.5 Å². The lowest BCUT2D eigenvalue weighted by Crippen LogP contribution is -2.34. The number of nitrogens with zero attached hydrogens (tertiary/aromatic N) is 2. The number of aromatic nitrogens is 2. The van der Waals surface area contributed by atoms with E-state index < -0.39 is 5.91 Å². The van der Waals surface area contributed by atoms with Crippen LogP contribution >= 0.6 is 15.9 Å². The minimum Gasteiger partial charge on any atom is -0.504 e. The number of phenolic OH excluding ortho intramolecular Hbond substituents is 1. The van der Waals surface area contributed by atoms with Crippen LogP contribution in [0.3, 0.4) is 0 Å². The first-order chi connectivity index (χ1) is 12.9. The lowest BCUT2D eigenvalue weighted by molar-refractivity contribution is -0.112. The van der Waals surface area contributed by atoms with Gasteiger partial charge >= 0.3 is 0 Å². The topological polar surface area (TPSA) is 93.5 Å². The molecule has 0 atom stereocenters. The fraction of sp³-hybridized carbons (Fsp3) is 0.105. The van der Waals surface area contributed by atoms with Crippen molar-refractivity contribution < 1.29 is 14.6 Å². The Morgan fingerprint density at radius 1 is 1.30 bits per heavy atom. The van der Waals surface area contributed by atoms with Gasteiger partial charge in [-0.25, -0.2) is 9.66 Å². The highest BCUT2D eigenvalue weighted by atomic mass is 79.9. The van der Waals surface area contributed by atoms with Crippen LogP contribution in [0.25, 0.3) is 17.0 Å². The number of amides is 1. The van der Waals surface area contributed by atoms with Crippen LogP contribution in [0.15, 0.2) is 51.7 Å². The summed E-state index contributed by atoms with van der Waals surface area (Å²) >= 11 is 3.33. The second-order valence-electron chi connectivity index (χ2n) is 5.70. The highest BCUT2D eigenvalue weighted by molar-refractivity contribution is 9.10. The second kappa shape index (κ2) is 7.63. The molecule has 27 heavy (non-hydrogen) atoms. The highest BCUT2D eigenvalue weighted by Crippen LogP contribution is 2.26. The van der Waals surface area contributed by atoms with Gasteiger partial charge in [-0.3, -0.25) is 15.0 Å². The number of carbonyl (C=O) groups is 1. The van der Waals surface area contributed by atoms with Gasteiger partial charge in [0.15, 0.2) is 11.5 Å². The van der Waals surface area contributed by atoms with E-state index in [-0.39, 0.29) is 11.3 Å². The normalized spacial score (nSPS) is 11.1. The van der Waals surface area contributed by atoms with E-state index in [2.05, 4.69) is 26.3 Å². The van der Waals surface area contributed by atoms with Gasteiger partial charge in [-0.2, -0.15) is 0 Å². The highest BCUT2D eigenvalue weighted by Gasteiger charge is 2.10. The molecule has 0 spiro atoms. The summed E-state index contributed by atoms with van der Waals surface area (Å²) in [6.07, 6.45) is 2.82. The van der Waals surface area contributed by atoms with Crippen LogP contribution in [0, 0.1) is 6.92 Å². The number of aromatic hydroxyl groups is 1. The molecule has 0 radical (unpaired) electrons. The molecule has 3 rings (SSSR count). The van der Waals surface area contributed by atoms with E-state index in [0.29, 0.717) is 28.0 Å². The summed E-state index contributed by atoms with van der Waals surface area (Å²) in [7, 11) is 1.44. The number of hydrogen-bond acceptors (Lipinski definition) is 5. The number of rotatable bonds is 4. The molecular weight excluding hydrogens is 414 g/mol. The number of methoxy groups -OCH3 is 1. The van der Waals surface area contributed by atoms with Crippen molar-refractivity contribution in [1.29, 1.82) is 0 Å². The summed E-state index contributed by atoms with van der Waals surface area (Å²) in [4.78, 5) is 29.2. The number of aryl methyl sites for hydroxylation is 1. The van der Waals surface area contributed by atoms with Crippen LogP contribution in [-0.4, -0.2) is 27.8 Å². The third kappa shape index (κ3) is 4.01. The predicted molar refractivity (Wildman–Crippen MR) is 107 cm³/mol. The molecule has 3 aromatic rings. The maximum atomic E-state index is 12.7. The zero-order chi connectivity index (χ0) is 19.6. The van der Waals surface area contributed by atoms with E-state index in [1.807, 2.05) is 0 Å². The van der Waals surface area contributed by atoms with Gasteiger partial charge in [0, 0.05) is 10.5 Å². The van der Waals surface area contributed by atoms with Crippen molar-refractivity contribution in [3.05, 3.63) is 68.7 Å². The molecule has 0 saturated heterocycles. The standard InChI is InChI=1S/C19H16BrN3O4/c1-11-21-15-6-5-13(20)10-14(15)19(26)23(11)22-18(25)8-4-12-3-7-16(24)17(9-12)27-2/h3-10,24H,1-2H3,(H,22,25)/b8-4+. The van der Waals surface area contributed by atoms with Crippen LogP contribution in [0.2, 0.25) is 0 Å². The Morgan fingerprint density at radius 2 is 2.07 bits per heavy atom. The van der Waals surface area contributed by atoms with E-state index in [1.165, 1.54) is 19.3 Å². The van der Waals surface area contributed by atoms with Crippen molar-refractivity contribution in [1.82, 2.24) is 9.66 Å². The first-order valence-electron chi connectivity index (χ1n) is 7.94.